The molecule has 1 amide bonds. The number of carbonyl (C=O) groups excluding carboxylic acids is 1. The third-order valence-corrected chi connectivity index (χ3v) is 3.61. The predicted molar refractivity (Wildman–Crippen MR) is 92.3 cm³/mol. The predicted octanol–water partition coefficient (Wildman–Crippen LogP) is 1.98. The van der Waals surface area contributed by atoms with Gasteiger partial charge in [0.25, 0.3) is 0 Å². The molecule has 1 aromatic heterocycles. The van der Waals surface area contributed by atoms with Crippen LogP contribution >= 0.6 is 0 Å². The smallest absolute Gasteiger partial charge is 0.242 e. The van der Waals surface area contributed by atoms with Crippen LogP contribution in [0.3, 0.4) is 0 Å². The molecule has 25 heavy (non-hydrogen) atoms. The Labute approximate surface area is 147 Å². The van der Waals surface area contributed by atoms with Gasteiger partial charge in [-0.05, 0) is 47.9 Å². The minimum absolute atomic E-state index is 0.0750. The van der Waals surface area contributed by atoms with Crippen molar-refractivity contribution in [1.29, 1.82) is 0 Å². The van der Waals surface area contributed by atoms with Crippen LogP contribution in [0.4, 0.5) is 0 Å². The number of hydrogen-bond acceptors (Lipinski definition) is 6. The second-order valence-electron chi connectivity index (χ2n) is 5.87. The first kappa shape index (κ1) is 18.7. The number of nitrogens with one attached hydrogen (secondary N) is 1. The van der Waals surface area contributed by atoms with Gasteiger partial charge in [0.05, 0.1) is 19.3 Å². The zero-order valence-corrected chi connectivity index (χ0v) is 15.1. The van der Waals surface area contributed by atoms with E-state index in [0.29, 0.717) is 24.7 Å². The number of carbonyl (C=O) groups is 1. The Morgan fingerprint density at radius 3 is 2.52 bits per heavy atom. The van der Waals surface area contributed by atoms with E-state index in [1.807, 2.05) is 32.0 Å². The second-order valence-corrected chi connectivity index (χ2v) is 5.87. The van der Waals surface area contributed by atoms with Crippen LogP contribution in [0.15, 0.2) is 24.5 Å². The number of nitrogens with zero attached hydrogens (tertiary/aromatic N) is 4. The lowest BCUT2D eigenvalue weighted by molar-refractivity contribution is -0.123. The molecule has 2 aromatic rings. The fourth-order valence-electron chi connectivity index (χ4n) is 2.51. The first-order valence-electron chi connectivity index (χ1n) is 8.44. The molecule has 0 aliphatic carbocycles. The SMILES string of the molecule is CCOc1ccc(C(NC(=O)Cn2cnnn2)C(C)C)cc1OCC. The Morgan fingerprint density at radius 2 is 1.92 bits per heavy atom. The van der Waals surface area contributed by atoms with Crippen LogP contribution < -0.4 is 14.8 Å². The van der Waals surface area contributed by atoms with Gasteiger partial charge in [0.15, 0.2) is 11.5 Å². The Hall–Kier alpha value is -2.64. The standard InChI is InChI=1S/C17H25N5O3/c1-5-24-14-8-7-13(9-15(14)25-6-2)17(12(3)4)19-16(23)10-22-11-18-20-21-22/h7-9,11-12,17H,5-6,10H2,1-4H3,(H,19,23). The van der Waals surface area contributed by atoms with Crippen LogP contribution in [0.5, 0.6) is 11.5 Å². The van der Waals surface area contributed by atoms with Gasteiger partial charge in [0, 0.05) is 0 Å². The van der Waals surface area contributed by atoms with E-state index in [4.69, 9.17) is 9.47 Å². The number of amides is 1. The molecule has 0 bridgehead atoms. The molecule has 0 aliphatic rings. The van der Waals surface area contributed by atoms with Crippen molar-refractivity contribution < 1.29 is 14.3 Å². The molecule has 1 N–H and O–H groups in total. The summed E-state index contributed by atoms with van der Waals surface area (Å²) in [5, 5.41) is 13.8. The average Bonchev–Trinajstić information content (AvgIpc) is 3.07. The summed E-state index contributed by atoms with van der Waals surface area (Å²) < 4.78 is 12.7. The van der Waals surface area contributed by atoms with Crippen molar-refractivity contribution in [1.82, 2.24) is 25.5 Å². The maximum atomic E-state index is 12.3. The highest BCUT2D eigenvalue weighted by Crippen LogP contribution is 2.32. The van der Waals surface area contributed by atoms with Crippen molar-refractivity contribution >= 4 is 5.91 Å². The molecule has 0 aliphatic heterocycles. The summed E-state index contributed by atoms with van der Waals surface area (Å²) in [7, 11) is 0. The molecule has 0 spiro atoms. The van der Waals surface area contributed by atoms with Gasteiger partial charge in [-0.15, -0.1) is 5.10 Å². The van der Waals surface area contributed by atoms with Gasteiger partial charge in [-0.1, -0.05) is 19.9 Å². The maximum absolute atomic E-state index is 12.3. The Bertz CT molecular complexity index is 673. The molecule has 1 atom stereocenters. The van der Waals surface area contributed by atoms with Crippen molar-refractivity contribution in [2.75, 3.05) is 13.2 Å². The first-order chi connectivity index (χ1) is 12.0. The van der Waals surface area contributed by atoms with Crippen LogP contribution in [-0.4, -0.2) is 39.3 Å². The third-order valence-electron chi connectivity index (χ3n) is 3.61. The van der Waals surface area contributed by atoms with Gasteiger partial charge >= 0.3 is 0 Å². The zero-order valence-electron chi connectivity index (χ0n) is 15.1. The number of aromatic nitrogens is 4. The summed E-state index contributed by atoms with van der Waals surface area (Å²) in [6.45, 7) is 9.15. The van der Waals surface area contributed by atoms with Crippen molar-refractivity contribution in [3.63, 3.8) is 0 Å². The molecule has 2 rings (SSSR count). The van der Waals surface area contributed by atoms with Crippen molar-refractivity contribution in [2.24, 2.45) is 5.92 Å². The number of ether oxygens (including phenoxy) is 2. The molecular weight excluding hydrogens is 322 g/mol. The number of hydrogen-bond donors (Lipinski definition) is 1. The lowest BCUT2D eigenvalue weighted by atomic mass is 9.95. The molecule has 1 heterocycles. The molecule has 136 valence electrons. The zero-order chi connectivity index (χ0) is 18.2. The summed E-state index contributed by atoms with van der Waals surface area (Å²) in [6, 6.07) is 5.61. The second kappa shape index (κ2) is 9.00. The van der Waals surface area contributed by atoms with Crippen LogP contribution in [-0.2, 0) is 11.3 Å². The topological polar surface area (TPSA) is 91.2 Å². The molecule has 8 nitrogen and oxygen atoms in total. The van der Waals surface area contributed by atoms with Gasteiger partial charge in [0.1, 0.15) is 12.9 Å². The molecule has 0 saturated heterocycles. The van der Waals surface area contributed by atoms with E-state index in [9.17, 15) is 4.79 Å². The minimum atomic E-state index is -0.155. The minimum Gasteiger partial charge on any atom is -0.490 e. The molecule has 8 heteroatoms. The van der Waals surface area contributed by atoms with E-state index in [-0.39, 0.29) is 24.4 Å². The molecule has 0 saturated carbocycles. The third kappa shape index (κ3) is 5.17. The monoisotopic (exact) mass is 347 g/mol. The van der Waals surface area contributed by atoms with E-state index in [2.05, 4.69) is 34.7 Å². The fraction of sp³-hybridized carbons (Fsp3) is 0.529. The lowest BCUT2D eigenvalue weighted by Crippen LogP contribution is -2.34. The summed E-state index contributed by atoms with van der Waals surface area (Å²) >= 11 is 0. The normalized spacial score (nSPS) is 12.0. The highest BCUT2D eigenvalue weighted by atomic mass is 16.5. The van der Waals surface area contributed by atoms with Gasteiger partial charge in [-0.2, -0.15) is 0 Å². The lowest BCUT2D eigenvalue weighted by Gasteiger charge is -2.24. The van der Waals surface area contributed by atoms with E-state index < -0.39 is 0 Å². The summed E-state index contributed by atoms with van der Waals surface area (Å²) in [4.78, 5) is 12.3. The van der Waals surface area contributed by atoms with Crippen LogP contribution in [0.1, 0.15) is 39.3 Å². The van der Waals surface area contributed by atoms with Crippen molar-refractivity contribution in [3.05, 3.63) is 30.1 Å². The van der Waals surface area contributed by atoms with Crippen molar-refractivity contribution in [3.8, 4) is 11.5 Å². The highest BCUT2D eigenvalue weighted by molar-refractivity contribution is 5.76. The van der Waals surface area contributed by atoms with Gasteiger partial charge in [-0.25, -0.2) is 4.68 Å². The van der Waals surface area contributed by atoms with Gasteiger partial charge in [0.2, 0.25) is 5.91 Å². The average molecular weight is 347 g/mol. The molecule has 1 aromatic carbocycles. The maximum Gasteiger partial charge on any atom is 0.242 e. The molecule has 0 radical (unpaired) electrons. The van der Waals surface area contributed by atoms with Crippen LogP contribution in [0.2, 0.25) is 0 Å². The van der Waals surface area contributed by atoms with Crippen molar-refractivity contribution in [2.45, 2.75) is 40.3 Å². The number of tetrazole rings is 1. The molecular formula is C17H25N5O3. The van der Waals surface area contributed by atoms with E-state index >= 15 is 0 Å². The Morgan fingerprint density at radius 1 is 1.20 bits per heavy atom. The summed E-state index contributed by atoms with van der Waals surface area (Å²) in [5.41, 5.74) is 0.965. The van der Waals surface area contributed by atoms with Crippen LogP contribution in [0.25, 0.3) is 0 Å². The quantitative estimate of drug-likeness (QED) is 0.746. The summed E-state index contributed by atoms with van der Waals surface area (Å²) in [6.07, 6.45) is 1.41. The molecule has 0 fully saturated rings. The Balaban J connectivity index is 2.18. The van der Waals surface area contributed by atoms with E-state index in [1.165, 1.54) is 11.0 Å². The Kier molecular flexibility index (Phi) is 6.73. The van der Waals surface area contributed by atoms with E-state index in [0.717, 1.165) is 5.56 Å². The number of benzene rings is 1. The highest BCUT2D eigenvalue weighted by Gasteiger charge is 2.20. The van der Waals surface area contributed by atoms with Gasteiger partial charge < -0.3 is 14.8 Å². The first-order valence-corrected chi connectivity index (χ1v) is 8.44. The van der Waals surface area contributed by atoms with Crippen LogP contribution in [0, 0.1) is 5.92 Å². The fourth-order valence-corrected chi connectivity index (χ4v) is 2.51. The van der Waals surface area contributed by atoms with Gasteiger partial charge in [-0.3, -0.25) is 4.79 Å². The number of rotatable bonds is 9. The van der Waals surface area contributed by atoms with E-state index in [1.54, 1.807) is 0 Å². The largest absolute Gasteiger partial charge is 0.490 e. The summed E-state index contributed by atoms with van der Waals surface area (Å²) in [5.74, 6) is 1.43. The molecule has 1 unspecified atom stereocenters.